The van der Waals surface area contributed by atoms with E-state index in [1.807, 2.05) is 36.4 Å². The van der Waals surface area contributed by atoms with Crippen LogP contribution in [-0.4, -0.2) is 22.0 Å². The van der Waals surface area contributed by atoms with Crippen LogP contribution >= 0.6 is 23.2 Å². The van der Waals surface area contributed by atoms with E-state index in [9.17, 15) is 10.1 Å². The molecule has 160 valence electrons. The standard InChI is InChI=1S/C23H21Cl2N3O3/c1-2-3-7-10-30-22-20(28-14-18(24)12-19(25)21(28)27-22)11-17(13-26)23(29)31-15-16-8-5-4-6-9-16/h4-6,8-9,11-12,14H,2-3,7,10,15H2,1H3/b17-11-. The van der Waals surface area contributed by atoms with Gasteiger partial charge in [-0.15, -0.1) is 0 Å². The number of unbranched alkanes of at least 4 members (excludes halogenated alkanes) is 2. The minimum Gasteiger partial charge on any atom is -0.476 e. The van der Waals surface area contributed by atoms with E-state index in [-0.39, 0.29) is 18.1 Å². The maximum absolute atomic E-state index is 12.5. The van der Waals surface area contributed by atoms with Gasteiger partial charge in [-0.2, -0.15) is 10.2 Å². The number of hydrogen-bond acceptors (Lipinski definition) is 5. The lowest BCUT2D eigenvalue weighted by Gasteiger charge is -2.06. The van der Waals surface area contributed by atoms with Gasteiger partial charge in [0.15, 0.2) is 5.65 Å². The van der Waals surface area contributed by atoms with Crippen molar-refractivity contribution in [2.75, 3.05) is 6.61 Å². The van der Waals surface area contributed by atoms with Crippen LogP contribution < -0.4 is 4.74 Å². The molecule has 0 aliphatic heterocycles. The van der Waals surface area contributed by atoms with Gasteiger partial charge < -0.3 is 9.47 Å². The van der Waals surface area contributed by atoms with Crippen LogP contribution in [0.4, 0.5) is 0 Å². The number of fused-ring (bicyclic) bond motifs is 1. The molecular weight excluding hydrogens is 437 g/mol. The van der Waals surface area contributed by atoms with Crippen LogP contribution in [0.1, 0.15) is 37.4 Å². The van der Waals surface area contributed by atoms with Crippen molar-refractivity contribution in [2.24, 2.45) is 0 Å². The molecule has 6 nitrogen and oxygen atoms in total. The summed E-state index contributed by atoms with van der Waals surface area (Å²) in [7, 11) is 0. The summed E-state index contributed by atoms with van der Waals surface area (Å²) in [5, 5.41) is 10.3. The zero-order valence-electron chi connectivity index (χ0n) is 17.0. The Hall–Kier alpha value is -3.01. The predicted molar refractivity (Wildman–Crippen MR) is 120 cm³/mol. The third-order valence-corrected chi connectivity index (χ3v) is 4.95. The maximum atomic E-state index is 12.5. The second kappa shape index (κ2) is 10.9. The summed E-state index contributed by atoms with van der Waals surface area (Å²) in [6.45, 7) is 2.61. The summed E-state index contributed by atoms with van der Waals surface area (Å²) in [6.07, 6.45) is 5.90. The molecule has 0 fully saturated rings. The van der Waals surface area contributed by atoms with E-state index in [1.54, 1.807) is 16.7 Å². The number of carbonyl (C=O) groups is 1. The third-order valence-electron chi connectivity index (χ3n) is 4.47. The van der Waals surface area contributed by atoms with Gasteiger partial charge in [0.25, 0.3) is 0 Å². The molecule has 31 heavy (non-hydrogen) atoms. The number of pyridine rings is 1. The highest BCUT2D eigenvalue weighted by Crippen LogP contribution is 2.29. The van der Waals surface area contributed by atoms with Crippen molar-refractivity contribution >= 4 is 40.9 Å². The first-order chi connectivity index (χ1) is 15.0. The fourth-order valence-corrected chi connectivity index (χ4v) is 3.42. The number of rotatable bonds is 9. The topological polar surface area (TPSA) is 76.6 Å². The lowest BCUT2D eigenvalue weighted by Crippen LogP contribution is -2.07. The summed E-state index contributed by atoms with van der Waals surface area (Å²) in [4.78, 5) is 17.0. The number of halogens is 2. The van der Waals surface area contributed by atoms with Crippen LogP contribution in [0.2, 0.25) is 10.0 Å². The molecule has 2 aromatic heterocycles. The third kappa shape index (κ3) is 5.78. The van der Waals surface area contributed by atoms with Crippen LogP contribution in [0.5, 0.6) is 5.88 Å². The Morgan fingerprint density at radius 2 is 2.03 bits per heavy atom. The molecule has 0 aliphatic rings. The Morgan fingerprint density at radius 3 is 2.74 bits per heavy atom. The van der Waals surface area contributed by atoms with Crippen molar-refractivity contribution in [1.29, 1.82) is 5.26 Å². The highest BCUT2D eigenvalue weighted by molar-refractivity contribution is 6.36. The van der Waals surface area contributed by atoms with Crippen molar-refractivity contribution in [3.05, 3.63) is 69.5 Å². The number of benzene rings is 1. The summed E-state index contributed by atoms with van der Waals surface area (Å²) < 4.78 is 12.7. The second-order valence-electron chi connectivity index (χ2n) is 6.79. The fraction of sp³-hybridized carbons (Fsp3) is 0.261. The predicted octanol–water partition coefficient (Wildman–Crippen LogP) is 5.86. The normalized spacial score (nSPS) is 11.4. The molecule has 3 rings (SSSR count). The summed E-state index contributed by atoms with van der Waals surface area (Å²) >= 11 is 12.4. The quantitative estimate of drug-likeness (QED) is 0.174. The molecule has 0 saturated heterocycles. The molecule has 0 atom stereocenters. The molecule has 1 aromatic carbocycles. The monoisotopic (exact) mass is 457 g/mol. The molecule has 0 spiro atoms. The van der Waals surface area contributed by atoms with Crippen LogP contribution in [0.25, 0.3) is 11.7 Å². The van der Waals surface area contributed by atoms with Gasteiger partial charge in [0, 0.05) is 6.20 Å². The summed E-state index contributed by atoms with van der Waals surface area (Å²) in [5.74, 6) is -0.477. The Bertz CT molecular complexity index is 1130. The number of nitrogens with zero attached hydrogens (tertiary/aromatic N) is 3. The van der Waals surface area contributed by atoms with E-state index < -0.39 is 5.97 Å². The molecule has 0 radical (unpaired) electrons. The van der Waals surface area contributed by atoms with Crippen molar-refractivity contribution in [3.8, 4) is 11.9 Å². The van der Waals surface area contributed by atoms with Gasteiger partial charge in [-0.3, -0.25) is 4.40 Å². The van der Waals surface area contributed by atoms with Gasteiger partial charge in [-0.25, -0.2) is 4.79 Å². The Morgan fingerprint density at radius 1 is 1.26 bits per heavy atom. The molecule has 0 amide bonds. The van der Waals surface area contributed by atoms with E-state index in [4.69, 9.17) is 32.7 Å². The number of imidazole rings is 1. The van der Waals surface area contributed by atoms with Gasteiger partial charge in [0.05, 0.1) is 16.7 Å². The first-order valence-corrected chi connectivity index (χ1v) is 10.6. The van der Waals surface area contributed by atoms with Crippen molar-refractivity contribution in [1.82, 2.24) is 9.38 Å². The molecule has 3 aromatic rings. The van der Waals surface area contributed by atoms with Gasteiger partial charge in [-0.05, 0) is 24.1 Å². The highest BCUT2D eigenvalue weighted by Gasteiger charge is 2.19. The lowest BCUT2D eigenvalue weighted by molar-refractivity contribution is -0.139. The second-order valence-corrected chi connectivity index (χ2v) is 7.63. The molecule has 0 unspecified atom stereocenters. The Balaban J connectivity index is 1.92. The average Bonchev–Trinajstić information content (AvgIpc) is 3.11. The molecule has 2 heterocycles. The minimum atomic E-state index is -0.744. The first-order valence-electron chi connectivity index (χ1n) is 9.86. The molecule has 0 aliphatic carbocycles. The van der Waals surface area contributed by atoms with Crippen molar-refractivity contribution in [2.45, 2.75) is 32.8 Å². The number of ether oxygens (including phenoxy) is 2. The maximum Gasteiger partial charge on any atom is 0.349 e. The number of carbonyl (C=O) groups excluding carboxylic acids is 1. The van der Waals surface area contributed by atoms with Crippen LogP contribution in [0.3, 0.4) is 0 Å². The van der Waals surface area contributed by atoms with E-state index in [0.29, 0.717) is 28.0 Å². The van der Waals surface area contributed by atoms with Crippen LogP contribution in [-0.2, 0) is 16.1 Å². The van der Waals surface area contributed by atoms with Crippen LogP contribution in [0, 0.1) is 11.3 Å². The van der Waals surface area contributed by atoms with E-state index in [1.165, 1.54) is 6.08 Å². The average molecular weight is 458 g/mol. The largest absolute Gasteiger partial charge is 0.476 e. The number of esters is 1. The van der Waals surface area contributed by atoms with Gasteiger partial charge in [-0.1, -0.05) is 73.3 Å². The molecule has 0 saturated carbocycles. The van der Waals surface area contributed by atoms with E-state index >= 15 is 0 Å². The first kappa shape index (κ1) is 22.7. The number of hydrogen-bond donors (Lipinski definition) is 0. The van der Waals surface area contributed by atoms with Crippen molar-refractivity contribution < 1.29 is 14.3 Å². The lowest BCUT2D eigenvalue weighted by atomic mass is 10.2. The van der Waals surface area contributed by atoms with Gasteiger partial charge >= 0.3 is 5.97 Å². The van der Waals surface area contributed by atoms with Crippen molar-refractivity contribution in [3.63, 3.8) is 0 Å². The molecule has 8 heteroatoms. The van der Waals surface area contributed by atoms with E-state index in [0.717, 1.165) is 24.8 Å². The van der Waals surface area contributed by atoms with Gasteiger partial charge in [0.2, 0.25) is 5.88 Å². The summed E-state index contributed by atoms with van der Waals surface area (Å²) in [5.41, 5.74) is 1.44. The van der Waals surface area contributed by atoms with Crippen LogP contribution in [0.15, 0.2) is 48.2 Å². The summed E-state index contributed by atoms with van der Waals surface area (Å²) in [6, 6.07) is 12.7. The molecular formula is C23H21Cl2N3O3. The fourth-order valence-electron chi connectivity index (χ4n) is 2.90. The zero-order valence-corrected chi connectivity index (χ0v) is 18.5. The SMILES string of the molecule is CCCCCOc1nc2c(Cl)cc(Cl)cn2c1/C=C(/C#N)C(=O)OCc1ccccc1. The Kier molecular flexibility index (Phi) is 7.94. The minimum absolute atomic E-state index is 0.0594. The smallest absolute Gasteiger partial charge is 0.349 e. The molecule has 0 bridgehead atoms. The highest BCUT2D eigenvalue weighted by atomic mass is 35.5. The number of aromatic nitrogens is 2. The Labute approximate surface area is 190 Å². The molecule has 0 N–H and O–H groups in total. The van der Waals surface area contributed by atoms with Gasteiger partial charge in [0.1, 0.15) is 23.9 Å². The van der Waals surface area contributed by atoms with E-state index in [2.05, 4.69) is 11.9 Å². The zero-order chi connectivity index (χ0) is 22.2. The number of nitriles is 1.